The quantitative estimate of drug-likeness (QED) is 0.759. The number of aryl methyl sites for hydroxylation is 2. The Hall–Kier alpha value is -1.25. The molecule has 3 heteroatoms. The first-order chi connectivity index (χ1) is 6.02. The van der Waals surface area contributed by atoms with Gasteiger partial charge in [-0.2, -0.15) is 0 Å². The molecule has 2 N–H and O–H groups in total. The highest BCUT2D eigenvalue weighted by molar-refractivity contribution is 5.29. The molecule has 1 aromatic heterocycles. The van der Waals surface area contributed by atoms with Crippen molar-refractivity contribution in [1.82, 2.24) is 5.16 Å². The van der Waals surface area contributed by atoms with Crippen molar-refractivity contribution in [2.75, 3.05) is 0 Å². The molecule has 0 fully saturated rings. The van der Waals surface area contributed by atoms with Crippen LogP contribution in [0.4, 0.5) is 0 Å². The third kappa shape index (κ3) is 2.11. The van der Waals surface area contributed by atoms with E-state index in [0.717, 1.165) is 22.7 Å². The maximum Gasteiger partial charge on any atom is 0.137 e. The fourth-order valence-corrected chi connectivity index (χ4v) is 1.62. The van der Waals surface area contributed by atoms with Crippen LogP contribution in [0.25, 0.3) is 0 Å². The second-order valence-electron chi connectivity index (χ2n) is 3.44. The van der Waals surface area contributed by atoms with Crippen molar-refractivity contribution in [3.05, 3.63) is 28.8 Å². The van der Waals surface area contributed by atoms with E-state index in [2.05, 4.69) is 12.1 Å². The Balaban J connectivity index is 3.00. The molecule has 0 amide bonds. The average molecular weight is 180 g/mol. The second kappa shape index (κ2) is 3.64. The lowest BCUT2D eigenvalue weighted by Crippen LogP contribution is -1.98. The van der Waals surface area contributed by atoms with Gasteiger partial charge in [-0.15, -0.1) is 0 Å². The maximum atomic E-state index is 5.61. The number of rotatable bonds is 2. The van der Waals surface area contributed by atoms with Gasteiger partial charge in [0.05, 0.1) is 5.69 Å². The molecule has 0 spiro atoms. The lowest BCUT2D eigenvalue weighted by molar-refractivity contribution is 0.392. The summed E-state index contributed by atoms with van der Waals surface area (Å²) in [5.41, 5.74) is 8.53. The van der Waals surface area contributed by atoms with Crippen LogP contribution >= 0.6 is 0 Å². The Bertz CT molecular complexity index is 302. The summed E-state index contributed by atoms with van der Waals surface area (Å²) < 4.78 is 5.08. The van der Waals surface area contributed by atoms with Crippen LogP contribution in [-0.2, 0) is 0 Å². The van der Waals surface area contributed by atoms with E-state index in [0.29, 0.717) is 0 Å². The van der Waals surface area contributed by atoms with E-state index < -0.39 is 0 Å². The zero-order chi connectivity index (χ0) is 10.0. The summed E-state index contributed by atoms with van der Waals surface area (Å²) in [5.74, 6) is 1.15. The van der Waals surface area contributed by atoms with Crippen molar-refractivity contribution in [2.24, 2.45) is 5.73 Å². The van der Waals surface area contributed by atoms with Crippen molar-refractivity contribution in [2.45, 2.75) is 33.6 Å². The summed E-state index contributed by atoms with van der Waals surface area (Å²) >= 11 is 0. The molecule has 0 radical (unpaired) electrons. The standard InChI is InChI=1S/C10H16N2O/c1-6(5-7(2)11)10-8(3)12-13-9(10)4/h5-6H,11H2,1-4H3/b7-5+. The molecule has 1 heterocycles. The van der Waals surface area contributed by atoms with Crippen LogP contribution < -0.4 is 5.73 Å². The predicted octanol–water partition coefficient (Wildman–Crippen LogP) is 2.26. The van der Waals surface area contributed by atoms with E-state index in [1.54, 1.807) is 0 Å². The summed E-state index contributed by atoms with van der Waals surface area (Å²) in [4.78, 5) is 0. The smallest absolute Gasteiger partial charge is 0.137 e. The lowest BCUT2D eigenvalue weighted by atomic mass is 9.99. The Morgan fingerprint density at radius 1 is 1.54 bits per heavy atom. The minimum absolute atomic E-state index is 0.274. The van der Waals surface area contributed by atoms with Gasteiger partial charge in [0.1, 0.15) is 5.76 Å². The highest BCUT2D eigenvalue weighted by Crippen LogP contribution is 2.24. The number of allylic oxidation sites excluding steroid dienone is 2. The first kappa shape index (κ1) is 9.84. The van der Waals surface area contributed by atoms with E-state index >= 15 is 0 Å². The molecular weight excluding hydrogens is 164 g/mol. The van der Waals surface area contributed by atoms with Crippen molar-refractivity contribution in [1.29, 1.82) is 0 Å². The minimum atomic E-state index is 0.274. The van der Waals surface area contributed by atoms with Crippen molar-refractivity contribution in [3.8, 4) is 0 Å². The second-order valence-corrected chi connectivity index (χ2v) is 3.44. The van der Waals surface area contributed by atoms with E-state index in [9.17, 15) is 0 Å². The molecule has 13 heavy (non-hydrogen) atoms. The zero-order valence-electron chi connectivity index (χ0n) is 8.59. The van der Waals surface area contributed by atoms with Crippen molar-refractivity contribution in [3.63, 3.8) is 0 Å². The van der Waals surface area contributed by atoms with Gasteiger partial charge >= 0.3 is 0 Å². The third-order valence-corrected chi connectivity index (χ3v) is 2.06. The van der Waals surface area contributed by atoms with Gasteiger partial charge in [0.2, 0.25) is 0 Å². The van der Waals surface area contributed by atoms with Gasteiger partial charge in [-0.25, -0.2) is 0 Å². The van der Waals surface area contributed by atoms with Gasteiger partial charge in [-0.1, -0.05) is 18.2 Å². The molecular formula is C10H16N2O. The summed E-state index contributed by atoms with van der Waals surface area (Å²) in [7, 11) is 0. The molecule has 0 saturated carbocycles. The average Bonchev–Trinajstić information content (AvgIpc) is 2.29. The van der Waals surface area contributed by atoms with Crippen LogP contribution in [0.2, 0.25) is 0 Å². The number of nitrogens with zero attached hydrogens (tertiary/aromatic N) is 1. The van der Waals surface area contributed by atoms with E-state index in [4.69, 9.17) is 10.3 Å². The lowest BCUT2D eigenvalue weighted by Gasteiger charge is -2.05. The van der Waals surface area contributed by atoms with E-state index in [-0.39, 0.29) is 5.92 Å². The molecule has 0 aliphatic carbocycles. The van der Waals surface area contributed by atoms with E-state index in [1.807, 2.05) is 26.8 Å². The molecule has 1 unspecified atom stereocenters. The first-order valence-electron chi connectivity index (χ1n) is 4.39. The van der Waals surface area contributed by atoms with Crippen LogP contribution in [0.1, 0.15) is 36.8 Å². The highest BCUT2D eigenvalue weighted by Gasteiger charge is 2.13. The Kier molecular flexibility index (Phi) is 2.76. The molecule has 0 saturated heterocycles. The molecule has 1 rings (SSSR count). The summed E-state index contributed by atoms with van der Waals surface area (Å²) in [5, 5.41) is 3.90. The number of nitrogens with two attached hydrogens (primary N) is 1. The Morgan fingerprint density at radius 2 is 2.15 bits per heavy atom. The van der Waals surface area contributed by atoms with Gasteiger partial charge in [-0.3, -0.25) is 0 Å². The predicted molar refractivity (Wildman–Crippen MR) is 52.3 cm³/mol. The monoisotopic (exact) mass is 180 g/mol. The van der Waals surface area contributed by atoms with Gasteiger partial charge in [0.25, 0.3) is 0 Å². The zero-order valence-corrected chi connectivity index (χ0v) is 8.59. The van der Waals surface area contributed by atoms with Gasteiger partial charge < -0.3 is 10.3 Å². The number of hydrogen-bond acceptors (Lipinski definition) is 3. The maximum absolute atomic E-state index is 5.61. The van der Waals surface area contributed by atoms with Crippen LogP contribution in [0.3, 0.4) is 0 Å². The molecule has 72 valence electrons. The molecule has 1 atom stereocenters. The largest absolute Gasteiger partial charge is 0.403 e. The molecule has 1 aromatic rings. The van der Waals surface area contributed by atoms with Crippen LogP contribution in [0.5, 0.6) is 0 Å². The van der Waals surface area contributed by atoms with Crippen molar-refractivity contribution >= 4 is 0 Å². The summed E-state index contributed by atoms with van der Waals surface area (Å²) in [6.45, 7) is 7.84. The molecule has 0 aliphatic heterocycles. The SMILES string of the molecule is C/C(N)=C\C(C)c1c(C)noc1C. The van der Waals surface area contributed by atoms with Crippen LogP contribution in [0.15, 0.2) is 16.3 Å². The van der Waals surface area contributed by atoms with Crippen LogP contribution in [-0.4, -0.2) is 5.16 Å². The fourth-order valence-electron chi connectivity index (χ4n) is 1.62. The van der Waals surface area contributed by atoms with Crippen molar-refractivity contribution < 1.29 is 4.52 Å². The summed E-state index contributed by atoms with van der Waals surface area (Å²) in [6, 6.07) is 0. The third-order valence-electron chi connectivity index (χ3n) is 2.06. The first-order valence-corrected chi connectivity index (χ1v) is 4.39. The van der Waals surface area contributed by atoms with Gasteiger partial charge in [0, 0.05) is 17.2 Å². The summed E-state index contributed by atoms with van der Waals surface area (Å²) in [6.07, 6.45) is 2.01. The van der Waals surface area contributed by atoms with Gasteiger partial charge in [-0.05, 0) is 20.8 Å². The highest BCUT2D eigenvalue weighted by atomic mass is 16.5. The molecule has 3 nitrogen and oxygen atoms in total. The minimum Gasteiger partial charge on any atom is -0.403 e. The van der Waals surface area contributed by atoms with Gasteiger partial charge in [0.15, 0.2) is 0 Å². The Morgan fingerprint density at radius 3 is 2.54 bits per heavy atom. The van der Waals surface area contributed by atoms with Crippen LogP contribution in [0, 0.1) is 13.8 Å². The van der Waals surface area contributed by atoms with E-state index in [1.165, 1.54) is 0 Å². The Labute approximate surface area is 78.6 Å². The fraction of sp³-hybridized carbons (Fsp3) is 0.500. The number of aromatic nitrogens is 1. The normalized spacial score (nSPS) is 14.6. The molecule has 0 aromatic carbocycles. The molecule has 0 aliphatic rings. The number of hydrogen-bond donors (Lipinski definition) is 1. The topological polar surface area (TPSA) is 52.0 Å². The molecule has 0 bridgehead atoms.